The summed E-state index contributed by atoms with van der Waals surface area (Å²) in [7, 11) is 5.53. The van der Waals surface area contributed by atoms with Crippen LogP contribution in [0.4, 0.5) is 10.8 Å². The SMILES string of the molecule is COc1cccc2cc(-c3csc(N/N=C/c4ccc(N(C)C)cc4)n3)c(=O)oc12. The lowest BCUT2D eigenvalue weighted by Crippen LogP contribution is -2.08. The van der Waals surface area contributed by atoms with Gasteiger partial charge in [-0.25, -0.2) is 9.78 Å². The number of thiazole rings is 1. The minimum atomic E-state index is -0.465. The molecule has 152 valence electrons. The van der Waals surface area contributed by atoms with Gasteiger partial charge in [-0.1, -0.05) is 24.3 Å². The van der Waals surface area contributed by atoms with Gasteiger partial charge in [0, 0.05) is 30.5 Å². The molecule has 1 N–H and O–H groups in total. The number of nitrogens with one attached hydrogen (secondary N) is 1. The Kier molecular flexibility index (Phi) is 5.49. The van der Waals surface area contributed by atoms with Crippen molar-refractivity contribution in [3.63, 3.8) is 0 Å². The zero-order valence-electron chi connectivity index (χ0n) is 16.7. The first-order valence-corrected chi connectivity index (χ1v) is 10.1. The van der Waals surface area contributed by atoms with E-state index < -0.39 is 5.63 Å². The Morgan fingerprint density at radius 3 is 2.73 bits per heavy atom. The third-order valence-electron chi connectivity index (χ3n) is 4.51. The molecular weight excluding hydrogens is 400 g/mol. The number of rotatable bonds is 6. The maximum Gasteiger partial charge on any atom is 0.345 e. The monoisotopic (exact) mass is 420 g/mol. The average molecular weight is 420 g/mol. The number of ether oxygens (including phenoxy) is 1. The van der Waals surface area contributed by atoms with Gasteiger partial charge in [0.25, 0.3) is 0 Å². The first kappa shape index (κ1) is 19.7. The molecule has 0 aliphatic carbocycles. The molecule has 2 aromatic heterocycles. The molecule has 7 nitrogen and oxygen atoms in total. The van der Waals surface area contributed by atoms with Crippen LogP contribution in [0.5, 0.6) is 5.75 Å². The highest BCUT2D eigenvalue weighted by molar-refractivity contribution is 7.14. The van der Waals surface area contributed by atoms with Crippen LogP contribution in [-0.2, 0) is 0 Å². The van der Waals surface area contributed by atoms with Crippen LogP contribution in [0.25, 0.3) is 22.2 Å². The van der Waals surface area contributed by atoms with Crippen molar-refractivity contribution in [3.8, 4) is 17.0 Å². The molecule has 30 heavy (non-hydrogen) atoms. The fraction of sp³-hybridized carbons (Fsp3) is 0.136. The van der Waals surface area contributed by atoms with Gasteiger partial charge in [0.2, 0.25) is 5.13 Å². The van der Waals surface area contributed by atoms with E-state index in [4.69, 9.17) is 9.15 Å². The van der Waals surface area contributed by atoms with Crippen LogP contribution >= 0.6 is 11.3 Å². The molecule has 0 saturated carbocycles. The van der Waals surface area contributed by atoms with Crippen LogP contribution in [0.2, 0.25) is 0 Å². The topological polar surface area (TPSA) is 80.0 Å². The van der Waals surface area contributed by atoms with Crippen LogP contribution in [0.1, 0.15) is 5.56 Å². The number of para-hydroxylation sites is 1. The van der Waals surface area contributed by atoms with Crippen LogP contribution in [0.15, 0.2) is 68.2 Å². The molecule has 0 spiro atoms. The van der Waals surface area contributed by atoms with E-state index in [2.05, 4.69) is 15.5 Å². The smallest absolute Gasteiger partial charge is 0.345 e. The summed E-state index contributed by atoms with van der Waals surface area (Å²) in [5.74, 6) is 0.518. The molecule has 0 saturated heterocycles. The molecule has 0 aliphatic heterocycles. The molecule has 0 amide bonds. The van der Waals surface area contributed by atoms with Crippen molar-refractivity contribution in [2.75, 3.05) is 31.5 Å². The summed E-state index contributed by atoms with van der Waals surface area (Å²) < 4.78 is 10.7. The van der Waals surface area contributed by atoms with E-state index in [-0.39, 0.29) is 0 Å². The van der Waals surface area contributed by atoms with Crippen LogP contribution in [0, 0.1) is 0 Å². The fourth-order valence-corrected chi connectivity index (χ4v) is 3.59. The number of benzene rings is 2. The zero-order chi connectivity index (χ0) is 21.1. The number of hydrogen-bond acceptors (Lipinski definition) is 8. The molecule has 8 heteroatoms. The molecule has 0 fully saturated rings. The number of fused-ring (bicyclic) bond motifs is 1. The maximum absolute atomic E-state index is 12.5. The predicted octanol–water partition coefficient (Wildman–Crippen LogP) is 4.44. The van der Waals surface area contributed by atoms with Crippen molar-refractivity contribution >= 4 is 39.3 Å². The van der Waals surface area contributed by atoms with Gasteiger partial charge in [0.1, 0.15) is 0 Å². The zero-order valence-corrected chi connectivity index (χ0v) is 17.6. The molecule has 2 heterocycles. The number of nitrogens with zero attached hydrogens (tertiary/aromatic N) is 3. The van der Waals surface area contributed by atoms with E-state index in [0.29, 0.717) is 27.7 Å². The van der Waals surface area contributed by atoms with E-state index in [1.807, 2.05) is 55.4 Å². The van der Waals surface area contributed by atoms with Crippen LogP contribution in [-0.4, -0.2) is 32.4 Å². The van der Waals surface area contributed by atoms with Crippen molar-refractivity contribution in [1.82, 2.24) is 4.98 Å². The Bertz CT molecular complexity index is 1260. The van der Waals surface area contributed by atoms with Crippen LogP contribution < -0.4 is 20.7 Å². The van der Waals surface area contributed by atoms with Gasteiger partial charge in [0.05, 0.1) is 24.6 Å². The minimum absolute atomic E-state index is 0.392. The Hall–Kier alpha value is -3.65. The van der Waals surface area contributed by atoms with Gasteiger partial charge < -0.3 is 14.1 Å². The third kappa shape index (κ3) is 4.04. The van der Waals surface area contributed by atoms with Crippen molar-refractivity contribution in [2.45, 2.75) is 0 Å². The summed E-state index contributed by atoms with van der Waals surface area (Å²) in [6.07, 6.45) is 1.72. The summed E-state index contributed by atoms with van der Waals surface area (Å²) in [6.45, 7) is 0. The largest absolute Gasteiger partial charge is 0.493 e. The quantitative estimate of drug-likeness (QED) is 0.282. The average Bonchev–Trinajstić information content (AvgIpc) is 3.22. The first-order chi connectivity index (χ1) is 14.5. The standard InChI is InChI=1S/C22H20N4O3S/c1-26(2)16-9-7-14(8-10-16)12-23-25-22-24-18(13-30-22)17-11-15-5-4-6-19(28-3)20(15)29-21(17)27/h4-13H,1-3H3,(H,24,25)/b23-12+. The van der Waals surface area contributed by atoms with Crippen molar-refractivity contribution in [1.29, 1.82) is 0 Å². The van der Waals surface area contributed by atoms with Gasteiger partial charge in [-0.05, 0) is 29.8 Å². The molecule has 4 rings (SSSR count). The fourth-order valence-electron chi connectivity index (χ4n) is 2.93. The van der Waals surface area contributed by atoms with E-state index >= 15 is 0 Å². The lowest BCUT2D eigenvalue weighted by molar-refractivity contribution is 0.407. The van der Waals surface area contributed by atoms with Crippen LogP contribution in [0.3, 0.4) is 0 Å². The Morgan fingerprint density at radius 2 is 2.00 bits per heavy atom. The van der Waals surface area contributed by atoms with Gasteiger partial charge >= 0.3 is 5.63 Å². The van der Waals surface area contributed by atoms with E-state index in [1.165, 1.54) is 18.4 Å². The molecular formula is C22H20N4O3S. The number of aromatic nitrogens is 1. The van der Waals surface area contributed by atoms with Gasteiger partial charge in [-0.15, -0.1) is 11.3 Å². The van der Waals surface area contributed by atoms with Crippen molar-refractivity contribution < 1.29 is 9.15 Å². The minimum Gasteiger partial charge on any atom is -0.493 e. The first-order valence-electron chi connectivity index (χ1n) is 9.18. The lowest BCUT2D eigenvalue weighted by Gasteiger charge is -2.11. The highest BCUT2D eigenvalue weighted by atomic mass is 32.1. The summed E-state index contributed by atoms with van der Waals surface area (Å²) in [4.78, 5) is 19.0. The predicted molar refractivity (Wildman–Crippen MR) is 122 cm³/mol. The number of methoxy groups -OCH3 is 1. The Balaban J connectivity index is 1.53. The molecule has 4 aromatic rings. The normalized spacial score (nSPS) is 11.2. The summed E-state index contributed by atoms with van der Waals surface area (Å²) >= 11 is 1.36. The molecule has 0 aliphatic rings. The second kappa shape index (κ2) is 8.38. The second-order valence-electron chi connectivity index (χ2n) is 6.72. The molecule has 0 unspecified atom stereocenters. The Morgan fingerprint density at radius 1 is 1.20 bits per heavy atom. The highest BCUT2D eigenvalue weighted by Crippen LogP contribution is 2.29. The molecule has 2 aromatic carbocycles. The van der Waals surface area contributed by atoms with Crippen molar-refractivity contribution in [2.24, 2.45) is 5.10 Å². The van der Waals surface area contributed by atoms with Gasteiger partial charge in [0.15, 0.2) is 11.3 Å². The van der Waals surface area contributed by atoms with Gasteiger partial charge in [-0.3, -0.25) is 5.43 Å². The second-order valence-corrected chi connectivity index (χ2v) is 7.58. The summed E-state index contributed by atoms with van der Waals surface area (Å²) in [5.41, 5.74) is 5.88. The Labute approximate surface area is 177 Å². The lowest BCUT2D eigenvalue weighted by atomic mass is 10.1. The highest BCUT2D eigenvalue weighted by Gasteiger charge is 2.13. The number of hydrogen-bond donors (Lipinski definition) is 1. The number of hydrazone groups is 1. The van der Waals surface area contributed by atoms with Crippen molar-refractivity contribution in [3.05, 3.63) is 69.9 Å². The van der Waals surface area contributed by atoms with Gasteiger partial charge in [-0.2, -0.15) is 5.10 Å². The number of anilines is 2. The van der Waals surface area contributed by atoms with E-state index in [9.17, 15) is 4.79 Å². The molecule has 0 atom stereocenters. The molecule has 0 radical (unpaired) electrons. The third-order valence-corrected chi connectivity index (χ3v) is 5.25. The van der Waals surface area contributed by atoms with E-state index in [0.717, 1.165) is 16.6 Å². The molecule has 0 bridgehead atoms. The summed E-state index contributed by atoms with van der Waals surface area (Å²) in [5, 5.41) is 7.37. The summed E-state index contributed by atoms with van der Waals surface area (Å²) in [6, 6.07) is 15.2. The van der Waals surface area contributed by atoms with E-state index in [1.54, 1.807) is 23.7 Å². The maximum atomic E-state index is 12.5.